The maximum absolute atomic E-state index is 13.9. The number of nitrogens with zero attached hydrogens (tertiary/aromatic N) is 3. The second-order valence-corrected chi connectivity index (χ2v) is 4.20. The van der Waals surface area contributed by atoms with Crippen LogP contribution in [0.25, 0.3) is 0 Å². The predicted octanol–water partition coefficient (Wildman–Crippen LogP) is 2.09. The lowest BCUT2D eigenvalue weighted by atomic mass is 10.1. The molecule has 2 rings (SSSR count). The van der Waals surface area contributed by atoms with Crippen molar-refractivity contribution in [2.75, 3.05) is 0 Å². The lowest BCUT2D eigenvalue weighted by Crippen LogP contribution is -2.21. The van der Waals surface area contributed by atoms with Gasteiger partial charge in [0, 0.05) is 11.6 Å². The van der Waals surface area contributed by atoms with Gasteiger partial charge < -0.3 is 5.73 Å². The standard InChI is InChI=1S/C12H14F2N4/c1-9(15)11-7-18(17-16-11)8-12(13,14)10-5-3-2-4-6-10/h2-7,9H,8,15H2,1H3. The maximum atomic E-state index is 13.9. The van der Waals surface area contributed by atoms with Gasteiger partial charge in [0.25, 0.3) is 5.92 Å². The monoisotopic (exact) mass is 252 g/mol. The molecule has 0 bridgehead atoms. The molecule has 0 spiro atoms. The fraction of sp³-hybridized carbons (Fsp3) is 0.333. The van der Waals surface area contributed by atoms with Crippen molar-refractivity contribution < 1.29 is 8.78 Å². The van der Waals surface area contributed by atoms with Crippen molar-refractivity contribution in [3.05, 3.63) is 47.8 Å². The van der Waals surface area contributed by atoms with Gasteiger partial charge in [0.1, 0.15) is 6.54 Å². The van der Waals surface area contributed by atoms with E-state index in [4.69, 9.17) is 5.73 Å². The molecule has 2 N–H and O–H groups in total. The van der Waals surface area contributed by atoms with Gasteiger partial charge in [-0.3, -0.25) is 0 Å². The Balaban J connectivity index is 2.17. The molecule has 0 aliphatic heterocycles. The zero-order valence-corrected chi connectivity index (χ0v) is 9.92. The molecule has 96 valence electrons. The average molecular weight is 252 g/mol. The SMILES string of the molecule is CC(N)c1cn(CC(F)(F)c2ccccc2)nn1. The molecule has 0 aliphatic carbocycles. The van der Waals surface area contributed by atoms with Crippen molar-refractivity contribution in [1.29, 1.82) is 0 Å². The molecule has 1 unspecified atom stereocenters. The third kappa shape index (κ3) is 2.70. The Labute approximate surface area is 103 Å². The summed E-state index contributed by atoms with van der Waals surface area (Å²) < 4.78 is 29.0. The fourth-order valence-electron chi connectivity index (χ4n) is 1.58. The van der Waals surface area contributed by atoms with Gasteiger partial charge in [-0.05, 0) is 6.92 Å². The lowest BCUT2D eigenvalue weighted by molar-refractivity contribution is -0.0258. The highest BCUT2D eigenvalue weighted by molar-refractivity contribution is 5.19. The Kier molecular flexibility index (Phi) is 3.38. The quantitative estimate of drug-likeness (QED) is 0.906. The predicted molar refractivity (Wildman–Crippen MR) is 63.0 cm³/mol. The van der Waals surface area contributed by atoms with Crippen LogP contribution in [0.5, 0.6) is 0 Å². The van der Waals surface area contributed by atoms with Gasteiger partial charge >= 0.3 is 0 Å². The largest absolute Gasteiger partial charge is 0.323 e. The van der Waals surface area contributed by atoms with Crippen molar-refractivity contribution in [1.82, 2.24) is 15.0 Å². The minimum absolute atomic E-state index is 0.0390. The number of hydrogen-bond acceptors (Lipinski definition) is 3. The molecule has 6 heteroatoms. The Hall–Kier alpha value is -1.82. The van der Waals surface area contributed by atoms with Crippen LogP contribution in [0.2, 0.25) is 0 Å². The van der Waals surface area contributed by atoms with E-state index in [0.717, 1.165) is 4.68 Å². The summed E-state index contributed by atoms with van der Waals surface area (Å²) in [4.78, 5) is 0. The van der Waals surface area contributed by atoms with Crippen LogP contribution in [0, 0.1) is 0 Å². The van der Waals surface area contributed by atoms with Gasteiger partial charge in [-0.2, -0.15) is 8.78 Å². The van der Waals surface area contributed by atoms with E-state index in [1.54, 1.807) is 25.1 Å². The summed E-state index contributed by atoms with van der Waals surface area (Å²) in [5.74, 6) is -2.98. The first-order valence-corrected chi connectivity index (χ1v) is 5.58. The molecular weight excluding hydrogens is 238 g/mol. The van der Waals surface area contributed by atoms with Crippen molar-refractivity contribution >= 4 is 0 Å². The van der Waals surface area contributed by atoms with E-state index < -0.39 is 12.5 Å². The number of nitrogens with two attached hydrogens (primary N) is 1. The molecule has 4 nitrogen and oxygen atoms in total. The van der Waals surface area contributed by atoms with Crippen molar-refractivity contribution in [3.63, 3.8) is 0 Å². The van der Waals surface area contributed by atoms with Crippen LogP contribution < -0.4 is 5.73 Å². The van der Waals surface area contributed by atoms with Crippen LogP contribution in [0.1, 0.15) is 24.2 Å². The summed E-state index contributed by atoms with van der Waals surface area (Å²) in [6, 6.07) is 7.33. The molecule has 2 aromatic rings. The van der Waals surface area contributed by atoms with Crippen molar-refractivity contribution in [2.24, 2.45) is 5.73 Å². The summed E-state index contributed by atoms with van der Waals surface area (Å²) in [5, 5.41) is 7.40. The Morgan fingerprint density at radius 1 is 1.33 bits per heavy atom. The first-order valence-electron chi connectivity index (χ1n) is 5.58. The summed E-state index contributed by atoms with van der Waals surface area (Å²) in [6.45, 7) is 1.18. The van der Waals surface area contributed by atoms with E-state index in [1.807, 2.05) is 0 Å². The molecule has 1 aromatic carbocycles. The highest BCUT2D eigenvalue weighted by atomic mass is 19.3. The molecule has 1 aromatic heterocycles. The number of benzene rings is 1. The molecule has 1 heterocycles. The van der Waals surface area contributed by atoms with Crippen LogP contribution in [0.15, 0.2) is 36.5 Å². The fourth-order valence-corrected chi connectivity index (χ4v) is 1.58. The number of halogens is 2. The highest BCUT2D eigenvalue weighted by Gasteiger charge is 2.32. The second kappa shape index (κ2) is 4.81. The summed E-state index contributed by atoms with van der Waals surface area (Å²) >= 11 is 0. The molecule has 1 atom stereocenters. The smallest absolute Gasteiger partial charge is 0.292 e. The normalized spacial score (nSPS) is 13.6. The molecule has 0 amide bonds. The van der Waals surface area contributed by atoms with Crippen molar-refractivity contribution in [2.45, 2.75) is 25.4 Å². The van der Waals surface area contributed by atoms with Crippen molar-refractivity contribution in [3.8, 4) is 0 Å². The Morgan fingerprint density at radius 3 is 2.56 bits per heavy atom. The lowest BCUT2D eigenvalue weighted by Gasteiger charge is -2.16. The van der Waals surface area contributed by atoms with Gasteiger partial charge in [0.05, 0.1) is 11.9 Å². The Bertz CT molecular complexity index is 508. The van der Waals surface area contributed by atoms with E-state index >= 15 is 0 Å². The van der Waals surface area contributed by atoms with E-state index in [9.17, 15) is 8.78 Å². The number of aromatic nitrogens is 3. The third-order valence-corrected chi connectivity index (χ3v) is 2.58. The number of alkyl halides is 2. The highest BCUT2D eigenvalue weighted by Crippen LogP contribution is 2.29. The average Bonchev–Trinajstić information content (AvgIpc) is 2.78. The minimum atomic E-state index is -2.98. The summed E-state index contributed by atoms with van der Waals surface area (Å²) in [5.41, 5.74) is 6.06. The summed E-state index contributed by atoms with van der Waals surface area (Å²) in [6.07, 6.45) is 1.45. The maximum Gasteiger partial charge on any atom is 0.292 e. The molecule has 0 saturated carbocycles. The van der Waals surface area contributed by atoms with Crippen LogP contribution >= 0.6 is 0 Å². The molecular formula is C12H14F2N4. The summed E-state index contributed by atoms with van der Waals surface area (Å²) in [7, 11) is 0. The zero-order valence-electron chi connectivity index (χ0n) is 9.92. The zero-order chi connectivity index (χ0) is 13.2. The Morgan fingerprint density at radius 2 is 2.00 bits per heavy atom. The van der Waals surface area contributed by atoms with Gasteiger partial charge in [-0.1, -0.05) is 35.5 Å². The van der Waals surface area contributed by atoms with Crippen LogP contribution in [0.4, 0.5) is 8.78 Å². The molecule has 0 saturated heterocycles. The van der Waals surface area contributed by atoms with Gasteiger partial charge in [0.2, 0.25) is 0 Å². The molecule has 0 aliphatic rings. The molecule has 18 heavy (non-hydrogen) atoms. The molecule has 0 radical (unpaired) electrons. The van der Waals surface area contributed by atoms with E-state index in [2.05, 4.69) is 10.3 Å². The van der Waals surface area contributed by atoms with Gasteiger partial charge in [0.15, 0.2) is 0 Å². The van der Waals surface area contributed by atoms with Gasteiger partial charge in [-0.15, -0.1) is 5.10 Å². The minimum Gasteiger partial charge on any atom is -0.323 e. The van der Waals surface area contributed by atoms with E-state index in [1.165, 1.54) is 18.3 Å². The van der Waals surface area contributed by atoms with Crippen LogP contribution in [-0.4, -0.2) is 15.0 Å². The second-order valence-electron chi connectivity index (χ2n) is 4.20. The number of hydrogen-bond donors (Lipinski definition) is 1. The first-order chi connectivity index (χ1) is 8.49. The number of rotatable bonds is 4. The van der Waals surface area contributed by atoms with Gasteiger partial charge in [-0.25, -0.2) is 4.68 Å². The van der Waals surface area contributed by atoms with Crippen LogP contribution in [-0.2, 0) is 12.5 Å². The van der Waals surface area contributed by atoms with E-state index in [-0.39, 0.29) is 11.6 Å². The third-order valence-electron chi connectivity index (χ3n) is 2.58. The first kappa shape index (κ1) is 12.6. The molecule has 0 fully saturated rings. The van der Waals surface area contributed by atoms with E-state index in [0.29, 0.717) is 5.69 Å². The van der Waals surface area contributed by atoms with Crippen LogP contribution in [0.3, 0.4) is 0 Å². The topological polar surface area (TPSA) is 56.7 Å².